The van der Waals surface area contributed by atoms with E-state index in [1.165, 1.54) is 13.5 Å². The Balaban J connectivity index is 1.58. The van der Waals surface area contributed by atoms with Gasteiger partial charge in [-0.15, -0.1) is 0 Å². The van der Waals surface area contributed by atoms with Gasteiger partial charge in [0.15, 0.2) is 11.5 Å². The number of benzene rings is 1. The van der Waals surface area contributed by atoms with Gasteiger partial charge < -0.3 is 24.6 Å². The van der Waals surface area contributed by atoms with Crippen LogP contribution >= 0.6 is 0 Å². The molecule has 2 aliphatic heterocycles. The van der Waals surface area contributed by atoms with Crippen LogP contribution in [0.15, 0.2) is 36.7 Å². The van der Waals surface area contributed by atoms with Crippen molar-refractivity contribution in [3.05, 3.63) is 53.3 Å². The molecule has 8 heteroatoms. The maximum atomic E-state index is 13.8. The largest absolute Gasteiger partial charge is 0.493 e. The molecule has 4 rings (SSSR count). The first kappa shape index (κ1) is 25.9. The number of rotatable bonds is 8. The maximum absolute atomic E-state index is 13.8. The van der Waals surface area contributed by atoms with Crippen molar-refractivity contribution in [1.29, 1.82) is 0 Å². The number of aromatic nitrogens is 1. The molecular formula is C28H38N4O4. The molecule has 1 aromatic carbocycles. The zero-order valence-electron chi connectivity index (χ0n) is 22.0. The average molecular weight is 495 g/mol. The first-order chi connectivity index (χ1) is 17.3. The van der Waals surface area contributed by atoms with Crippen LogP contribution in [0.1, 0.15) is 60.1 Å². The number of nitrogens with zero attached hydrogens (tertiary/aromatic N) is 3. The Kier molecular flexibility index (Phi) is 8.14. The molecule has 0 saturated carbocycles. The van der Waals surface area contributed by atoms with Crippen LogP contribution in [0.5, 0.6) is 11.5 Å². The van der Waals surface area contributed by atoms with Crippen molar-refractivity contribution in [2.75, 3.05) is 47.4 Å². The summed E-state index contributed by atoms with van der Waals surface area (Å²) in [4.78, 5) is 35.5. The van der Waals surface area contributed by atoms with Gasteiger partial charge in [-0.2, -0.15) is 0 Å². The van der Waals surface area contributed by atoms with E-state index in [9.17, 15) is 9.59 Å². The van der Waals surface area contributed by atoms with E-state index in [4.69, 9.17) is 9.47 Å². The van der Waals surface area contributed by atoms with Crippen molar-refractivity contribution in [3.63, 3.8) is 0 Å². The molecule has 36 heavy (non-hydrogen) atoms. The molecule has 0 spiro atoms. The summed E-state index contributed by atoms with van der Waals surface area (Å²) >= 11 is 0. The van der Waals surface area contributed by atoms with Crippen molar-refractivity contribution in [1.82, 2.24) is 20.1 Å². The number of likely N-dealkylation sites (N-methyl/N-ethyl adjacent to an activating group) is 1. The summed E-state index contributed by atoms with van der Waals surface area (Å²) in [5.41, 5.74) is 1.90. The first-order valence-corrected chi connectivity index (χ1v) is 12.8. The number of hydrogen-bond acceptors (Lipinski definition) is 6. The smallest absolute Gasteiger partial charge is 0.254 e. The van der Waals surface area contributed by atoms with Crippen LogP contribution in [0.3, 0.4) is 0 Å². The Bertz CT molecular complexity index is 1070. The highest BCUT2D eigenvalue weighted by Crippen LogP contribution is 2.45. The highest BCUT2D eigenvalue weighted by atomic mass is 16.5. The third kappa shape index (κ3) is 5.33. The predicted octanol–water partition coefficient (Wildman–Crippen LogP) is 3.49. The highest BCUT2D eigenvalue weighted by molar-refractivity contribution is 6.02. The second-order valence-electron chi connectivity index (χ2n) is 10.3. The van der Waals surface area contributed by atoms with Crippen LogP contribution in [-0.4, -0.2) is 74.0 Å². The minimum absolute atomic E-state index is 0.114. The van der Waals surface area contributed by atoms with Crippen LogP contribution < -0.4 is 14.8 Å². The topological polar surface area (TPSA) is 84.0 Å². The van der Waals surface area contributed by atoms with E-state index >= 15 is 0 Å². The Morgan fingerprint density at radius 2 is 1.83 bits per heavy atom. The lowest BCUT2D eigenvalue weighted by atomic mass is 9.79. The summed E-state index contributed by atoms with van der Waals surface area (Å²) in [6.45, 7) is 8.40. The van der Waals surface area contributed by atoms with Gasteiger partial charge in [0.1, 0.15) is 0 Å². The molecule has 2 aromatic rings. The molecule has 1 fully saturated rings. The summed E-state index contributed by atoms with van der Waals surface area (Å²) in [5, 5.41) is 3.16. The number of hydrogen-bond donors (Lipinski definition) is 1. The van der Waals surface area contributed by atoms with E-state index in [0.29, 0.717) is 41.0 Å². The molecule has 0 bridgehead atoms. The number of methoxy groups -OCH3 is 2. The Hall–Kier alpha value is -3.13. The van der Waals surface area contributed by atoms with E-state index in [0.717, 1.165) is 31.6 Å². The lowest BCUT2D eigenvalue weighted by molar-refractivity contribution is -0.124. The monoisotopic (exact) mass is 494 g/mol. The van der Waals surface area contributed by atoms with Crippen LogP contribution in [-0.2, 0) is 4.79 Å². The van der Waals surface area contributed by atoms with Gasteiger partial charge in [0.2, 0.25) is 5.91 Å². The van der Waals surface area contributed by atoms with E-state index in [2.05, 4.69) is 29.0 Å². The zero-order valence-corrected chi connectivity index (χ0v) is 22.0. The number of piperidine rings is 1. The summed E-state index contributed by atoms with van der Waals surface area (Å²) < 4.78 is 11.0. The van der Waals surface area contributed by atoms with Crippen LogP contribution in [0.2, 0.25) is 0 Å². The fourth-order valence-electron chi connectivity index (χ4n) is 5.90. The highest BCUT2D eigenvalue weighted by Gasteiger charge is 2.43. The van der Waals surface area contributed by atoms with Gasteiger partial charge >= 0.3 is 0 Å². The molecule has 0 aliphatic carbocycles. The number of amides is 2. The van der Waals surface area contributed by atoms with Gasteiger partial charge in [-0.3, -0.25) is 14.6 Å². The van der Waals surface area contributed by atoms with Crippen LogP contribution in [0, 0.1) is 11.8 Å². The van der Waals surface area contributed by atoms with E-state index < -0.39 is 12.0 Å². The maximum Gasteiger partial charge on any atom is 0.254 e. The minimum Gasteiger partial charge on any atom is -0.493 e. The quantitative estimate of drug-likeness (QED) is 0.566. The zero-order chi connectivity index (χ0) is 25.8. The molecule has 1 aromatic heterocycles. The molecule has 3 heterocycles. The second-order valence-corrected chi connectivity index (χ2v) is 10.3. The molecule has 2 amide bonds. The third-order valence-corrected chi connectivity index (χ3v) is 7.38. The SMILES string of the molecule is COc1cc2c(cc1OC)[C@H](C(=O)NCCCN1C[C@H](C)C[C@H](C)C1)[C@@H](c1cccnc1)N(C)C2=O. The van der Waals surface area contributed by atoms with Crippen molar-refractivity contribution >= 4 is 11.8 Å². The van der Waals surface area contributed by atoms with Crippen molar-refractivity contribution < 1.29 is 19.1 Å². The van der Waals surface area contributed by atoms with Crippen LogP contribution in [0.25, 0.3) is 0 Å². The van der Waals surface area contributed by atoms with Crippen molar-refractivity contribution in [2.24, 2.45) is 11.8 Å². The summed E-state index contributed by atoms with van der Waals surface area (Å²) in [6, 6.07) is 6.69. The molecule has 0 unspecified atom stereocenters. The fourth-order valence-corrected chi connectivity index (χ4v) is 5.90. The summed E-state index contributed by atoms with van der Waals surface area (Å²) in [6.07, 6.45) is 5.57. The minimum atomic E-state index is -0.610. The van der Waals surface area contributed by atoms with Gasteiger partial charge in [0, 0.05) is 44.6 Å². The van der Waals surface area contributed by atoms with Gasteiger partial charge in [0.25, 0.3) is 5.91 Å². The van der Waals surface area contributed by atoms with Crippen molar-refractivity contribution in [3.8, 4) is 11.5 Å². The molecule has 1 saturated heterocycles. The molecule has 0 radical (unpaired) electrons. The second kappa shape index (κ2) is 11.3. The number of carbonyl (C=O) groups is 2. The summed E-state index contributed by atoms with van der Waals surface area (Å²) in [5.74, 6) is 1.48. The van der Waals surface area contributed by atoms with Gasteiger partial charge in [-0.05, 0) is 60.5 Å². The number of carbonyl (C=O) groups excluding carboxylic acids is 2. The lowest BCUT2D eigenvalue weighted by Crippen LogP contribution is -2.46. The molecule has 194 valence electrons. The number of fused-ring (bicyclic) bond motifs is 1. The normalized spacial score (nSPS) is 24.2. The first-order valence-electron chi connectivity index (χ1n) is 12.8. The number of likely N-dealkylation sites (tertiary alicyclic amines) is 1. The third-order valence-electron chi connectivity index (χ3n) is 7.38. The standard InChI is InChI=1S/C28H38N4O4/c1-18-12-19(2)17-32(16-18)11-7-10-30-27(33)25-21-13-23(35-4)24(36-5)14-22(21)28(34)31(3)26(25)20-8-6-9-29-15-20/h6,8-9,13-15,18-19,25-26H,7,10-12,16-17H2,1-5H3,(H,30,33)/t18-,19+,25-,26+/m0/s1. The molecule has 1 N–H and O–H groups in total. The Morgan fingerprint density at radius 1 is 1.14 bits per heavy atom. The van der Waals surface area contributed by atoms with E-state index in [1.807, 2.05) is 12.1 Å². The van der Waals surface area contributed by atoms with E-state index in [-0.39, 0.29) is 11.8 Å². The van der Waals surface area contributed by atoms with Gasteiger partial charge in [-0.25, -0.2) is 0 Å². The number of ether oxygens (including phenoxy) is 2. The lowest BCUT2D eigenvalue weighted by Gasteiger charge is -2.40. The predicted molar refractivity (Wildman–Crippen MR) is 138 cm³/mol. The number of nitrogens with one attached hydrogen (secondary N) is 1. The molecular weight excluding hydrogens is 456 g/mol. The molecule has 4 atom stereocenters. The fraction of sp³-hybridized carbons (Fsp3) is 0.536. The molecule has 8 nitrogen and oxygen atoms in total. The van der Waals surface area contributed by atoms with Gasteiger partial charge in [-0.1, -0.05) is 19.9 Å². The van der Waals surface area contributed by atoms with Crippen LogP contribution in [0.4, 0.5) is 0 Å². The number of pyridine rings is 1. The Labute approximate surface area is 214 Å². The van der Waals surface area contributed by atoms with Crippen molar-refractivity contribution in [2.45, 2.75) is 38.6 Å². The van der Waals surface area contributed by atoms with E-state index in [1.54, 1.807) is 43.6 Å². The van der Waals surface area contributed by atoms with Gasteiger partial charge in [0.05, 0.1) is 26.2 Å². The summed E-state index contributed by atoms with van der Waals surface area (Å²) in [7, 11) is 4.82. The average Bonchev–Trinajstić information content (AvgIpc) is 2.87. The Morgan fingerprint density at radius 3 is 2.47 bits per heavy atom. The molecule has 2 aliphatic rings.